The zero-order chi connectivity index (χ0) is 12.6. The summed E-state index contributed by atoms with van der Waals surface area (Å²) in [5.41, 5.74) is -0.844. The van der Waals surface area contributed by atoms with E-state index in [1.807, 2.05) is 0 Å². The molecule has 1 aromatic heterocycles. The number of hydrogen-bond donors (Lipinski definition) is 0. The van der Waals surface area contributed by atoms with Gasteiger partial charge in [-0.05, 0) is 17.5 Å². The lowest BCUT2D eigenvalue weighted by Gasteiger charge is -2.09. The molecule has 0 radical (unpaired) electrons. The first-order valence-corrected chi connectivity index (χ1v) is 5.40. The zero-order valence-electron chi connectivity index (χ0n) is 8.18. The highest BCUT2D eigenvalue weighted by Crippen LogP contribution is 2.33. The van der Waals surface area contributed by atoms with Gasteiger partial charge in [-0.3, -0.25) is 0 Å². The Morgan fingerprint density at radius 1 is 1.00 bits per heavy atom. The topological polar surface area (TPSA) is 0 Å². The van der Waals surface area contributed by atoms with E-state index in [-0.39, 0.29) is 4.88 Å². The van der Waals surface area contributed by atoms with Crippen LogP contribution in [0.3, 0.4) is 0 Å². The van der Waals surface area contributed by atoms with Gasteiger partial charge in [0.2, 0.25) is 0 Å². The Labute approximate surface area is 97.3 Å². The fourth-order valence-corrected chi connectivity index (χ4v) is 2.08. The van der Waals surface area contributed by atoms with E-state index in [9.17, 15) is 22.0 Å². The van der Waals surface area contributed by atoms with Crippen LogP contribution in [0.15, 0.2) is 23.6 Å². The van der Waals surface area contributed by atoms with Crippen LogP contribution in [0.2, 0.25) is 0 Å². The van der Waals surface area contributed by atoms with Gasteiger partial charge in [0, 0.05) is 10.4 Å². The largest absolute Gasteiger partial charge is 0.236 e. The summed E-state index contributed by atoms with van der Waals surface area (Å²) < 4.78 is 65.5. The first-order valence-electron chi connectivity index (χ1n) is 4.52. The maximum absolute atomic E-state index is 13.8. The Morgan fingerprint density at radius 3 is 2.29 bits per heavy atom. The summed E-state index contributed by atoms with van der Waals surface area (Å²) in [6.07, 6.45) is -2.01. The van der Waals surface area contributed by atoms with E-state index in [2.05, 4.69) is 0 Å². The third kappa shape index (κ3) is 2.04. The first kappa shape index (κ1) is 12.0. The second kappa shape index (κ2) is 4.44. The van der Waals surface area contributed by atoms with Gasteiger partial charge < -0.3 is 0 Å². The number of benzene rings is 1. The van der Waals surface area contributed by atoms with Gasteiger partial charge in [-0.25, -0.2) is 22.0 Å². The Kier molecular flexibility index (Phi) is 3.15. The van der Waals surface area contributed by atoms with E-state index in [1.54, 1.807) is 0 Å². The average molecular weight is 264 g/mol. The Bertz CT molecular complexity index is 535. The zero-order valence-corrected chi connectivity index (χ0v) is 9.00. The van der Waals surface area contributed by atoms with Gasteiger partial charge >= 0.3 is 0 Å². The van der Waals surface area contributed by atoms with Crippen molar-refractivity contribution in [3.63, 3.8) is 0 Å². The molecule has 0 fully saturated rings. The maximum Gasteiger partial charge on any atom is 0.197 e. The molecule has 6 heteroatoms. The highest BCUT2D eigenvalue weighted by molar-refractivity contribution is 7.10. The SMILES string of the molecule is Fc1cc(C(F)c2cccs2)c(F)c(F)c1F. The molecule has 1 atom stereocenters. The van der Waals surface area contributed by atoms with Crippen LogP contribution < -0.4 is 0 Å². The van der Waals surface area contributed by atoms with Crippen LogP contribution in [-0.4, -0.2) is 0 Å². The average Bonchev–Trinajstić information content (AvgIpc) is 2.84. The lowest BCUT2D eigenvalue weighted by atomic mass is 10.1. The van der Waals surface area contributed by atoms with Crippen LogP contribution in [0.5, 0.6) is 0 Å². The van der Waals surface area contributed by atoms with E-state index in [4.69, 9.17) is 0 Å². The minimum absolute atomic E-state index is 0.0920. The van der Waals surface area contributed by atoms with Crippen molar-refractivity contribution in [2.75, 3.05) is 0 Å². The Balaban J connectivity index is 2.53. The Hall–Kier alpha value is -1.43. The number of alkyl halides is 1. The van der Waals surface area contributed by atoms with Crippen molar-refractivity contribution in [3.05, 3.63) is 57.3 Å². The molecule has 2 rings (SSSR count). The van der Waals surface area contributed by atoms with Gasteiger partial charge in [-0.15, -0.1) is 11.3 Å². The van der Waals surface area contributed by atoms with Crippen molar-refractivity contribution in [1.29, 1.82) is 0 Å². The lowest BCUT2D eigenvalue weighted by Crippen LogP contribution is -2.04. The van der Waals surface area contributed by atoms with Crippen molar-refractivity contribution < 1.29 is 22.0 Å². The third-order valence-electron chi connectivity index (χ3n) is 2.20. The first-order chi connectivity index (χ1) is 8.02. The number of thiophene rings is 1. The monoisotopic (exact) mass is 264 g/mol. The summed E-state index contributed by atoms with van der Waals surface area (Å²) in [6, 6.07) is 3.20. The van der Waals surface area contributed by atoms with Crippen LogP contribution in [-0.2, 0) is 0 Å². The van der Waals surface area contributed by atoms with Crippen LogP contribution >= 0.6 is 11.3 Å². The van der Waals surface area contributed by atoms with Crippen molar-refractivity contribution in [2.45, 2.75) is 6.17 Å². The molecule has 0 N–H and O–H groups in total. The minimum atomic E-state index is -2.01. The highest BCUT2D eigenvalue weighted by Gasteiger charge is 2.25. The molecule has 0 amide bonds. The van der Waals surface area contributed by atoms with Crippen LogP contribution in [0.4, 0.5) is 22.0 Å². The molecule has 0 nitrogen and oxygen atoms in total. The molecule has 17 heavy (non-hydrogen) atoms. The highest BCUT2D eigenvalue weighted by atomic mass is 32.1. The van der Waals surface area contributed by atoms with Gasteiger partial charge in [0.25, 0.3) is 0 Å². The predicted molar refractivity (Wildman–Crippen MR) is 53.5 cm³/mol. The molecule has 0 bridgehead atoms. The van der Waals surface area contributed by atoms with E-state index in [1.165, 1.54) is 17.5 Å². The smallest absolute Gasteiger partial charge is 0.197 e. The van der Waals surface area contributed by atoms with E-state index in [0.29, 0.717) is 6.07 Å². The molecule has 1 unspecified atom stereocenters. The number of rotatable bonds is 2. The molecular formula is C11H5F5S. The van der Waals surface area contributed by atoms with Crippen LogP contribution in [0.1, 0.15) is 16.6 Å². The fraction of sp³-hybridized carbons (Fsp3) is 0.0909. The van der Waals surface area contributed by atoms with Crippen molar-refractivity contribution in [3.8, 4) is 0 Å². The van der Waals surface area contributed by atoms with Crippen molar-refractivity contribution in [2.24, 2.45) is 0 Å². The predicted octanol–water partition coefficient (Wildman–Crippen LogP) is 4.36. The molecule has 0 aliphatic rings. The molecule has 2 aromatic rings. The Morgan fingerprint density at radius 2 is 1.71 bits per heavy atom. The number of halogens is 5. The number of hydrogen-bond acceptors (Lipinski definition) is 1. The van der Waals surface area contributed by atoms with Gasteiger partial charge in [0.15, 0.2) is 29.4 Å². The molecule has 1 heterocycles. The normalized spacial score (nSPS) is 12.8. The minimum Gasteiger partial charge on any atom is -0.236 e. The molecule has 90 valence electrons. The van der Waals surface area contributed by atoms with Crippen LogP contribution in [0, 0.1) is 23.3 Å². The lowest BCUT2D eigenvalue weighted by molar-refractivity contribution is 0.360. The molecule has 0 aliphatic heterocycles. The van der Waals surface area contributed by atoms with Gasteiger partial charge in [0.05, 0.1) is 0 Å². The summed E-state index contributed by atoms with van der Waals surface area (Å²) in [6.45, 7) is 0. The molecular weight excluding hydrogens is 259 g/mol. The maximum atomic E-state index is 13.8. The quantitative estimate of drug-likeness (QED) is 0.429. The van der Waals surface area contributed by atoms with E-state index < -0.39 is 35.0 Å². The second-order valence-corrected chi connectivity index (χ2v) is 4.25. The molecule has 1 aromatic carbocycles. The summed E-state index contributed by atoms with van der Waals surface area (Å²) in [5.74, 6) is -7.26. The van der Waals surface area contributed by atoms with Crippen molar-refractivity contribution >= 4 is 11.3 Å². The van der Waals surface area contributed by atoms with Crippen LogP contribution in [0.25, 0.3) is 0 Å². The van der Waals surface area contributed by atoms with Crippen molar-refractivity contribution in [1.82, 2.24) is 0 Å². The van der Waals surface area contributed by atoms with Gasteiger partial charge in [0.1, 0.15) is 0 Å². The standard InChI is InChI=1S/C11H5F5S/c12-6-4-5(9(14)11(16)10(6)15)8(13)7-2-1-3-17-7/h1-4,8H. The third-order valence-corrected chi connectivity index (χ3v) is 3.11. The van der Waals surface area contributed by atoms with E-state index in [0.717, 1.165) is 11.3 Å². The summed E-state index contributed by atoms with van der Waals surface area (Å²) in [4.78, 5) is 0.0920. The summed E-state index contributed by atoms with van der Waals surface area (Å²) in [7, 11) is 0. The van der Waals surface area contributed by atoms with E-state index >= 15 is 0 Å². The molecule has 0 spiro atoms. The van der Waals surface area contributed by atoms with Gasteiger partial charge in [-0.2, -0.15) is 0 Å². The molecule has 0 saturated carbocycles. The second-order valence-electron chi connectivity index (χ2n) is 3.27. The fourth-order valence-electron chi connectivity index (χ4n) is 1.36. The molecule has 0 aliphatic carbocycles. The van der Waals surface area contributed by atoms with Gasteiger partial charge in [-0.1, -0.05) is 6.07 Å². The summed E-state index contributed by atoms with van der Waals surface area (Å²) in [5, 5.41) is 1.54. The molecule has 0 saturated heterocycles. The summed E-state index contributed by atoms with van der Waals surface area (Å²) >= 11 is 0.970.